The van der Waals surface area contributed by atoms with Crippen LogP contribution in [-0.2, 0) is 84.3 Å². The van der Waals surface area contributed by atoms with Gasteiger partial charge in [0.1, 0.15) is 31.8 Å². The second-order valence-electron chi connectivity index (χ2n) is 19.8. The highest BCUT2D eigenvalue weighted by molar-refractivity contribution is 6.12. The Morgan fingerprint density at radius 2 is 1.58 bits per heavy atom. The molecule has 4 aliphatic rings. The van der Waals surface area contributed by atoms with Crippen molar-refractivity contribution in [2.45, 2.75) is 96.6 Å². The van der Waals surface area contributed by atoms with Crippen molar-refractivity contribution in [1.29, 1.82) is 0 Å². The Hall–Kier alpha value is -8.88. The molecule has 26 heteroatoms. The Balaban J connectivity index is 0.729. The van der Waals surface area contributed by atoms with Crippen molar-refractivity contribution in [1.82, 2.24) is 62.3 Å². The number of pyridine rings is 2. The zero-order chi connectivity index (χ0) is 57.8. The Morgan fingerprint density at radius 1 is 0.852 bits per heavy atom. The van der Waals surface area contributed by atoms with Gasteiger partial charge in [0.25, 0.3) is 17.4 Å². The van der Waals surface area contributed by atoms with E-state index < -0.39 is 84.1 Å². The number of aromatic nitrogens is 2. The fourth-order valence-corrected chi connectivity index (χ4v) is 9.63. The van der Waals surface area contributed by atoms with Crippen molar-refractivity contribution in [3.8, 4) is 11.4 Å². The number of halogens is 1. The molecule has 9 N–H and O–H groups in total. The predicted octanol–water partition coefficient (Wildman–Crippen LogP) is -0.258. The van der Waals surface area contributed by atoms with Crippen LogP contribution in [0.4, 0.5) is 4.39 Å². The first kappa shape index (κ1) is 58.3. The monoisotopic (exact) mass is 1120 g/mol. The summed E-state index contributed by atoms with van der Waals surface area (Å²) in [4.78, 5) is 132. The Labute approximate surface area is 463 Å². The summed E-state index contributed by atoms with van der Waals surface area (Å²) >= 11 is 0. The quantitative estimate of drug-likeness (QED) is 0.0142. The van der Waals surface area contributed by atoms with E-state index in [0.29, 0.717) is 65.5 Å². The fraction of sp³-hybridized carbons (Fsp3) is 0.400. The van der Waals surface area contributed by atoms with Crippen LogP contribution in [0, 0.1) is 12.7 Å². The summed E-state index contributed by atoms with van der Waals surface area (Å²) < 4.78 is 27.1. The molecule has 2 aromatic carbocycles. The number of aliphatic hydroxyl groups is 1. The molecule has 8 amide bonds. The van der Waals surface area contributed by atoms with Gasteiger partial charge in [-0.15, -0.1) is 5.53 Å². The first-order chi connectivity index (χ1) is 38.9. The maximum atomic E-state index is 15.0. The number of carbonyl (C=O) groups is 9. The number of cyclic esters (lactones) is 1. The lowest BCUT2D eigenvalue weighted by molar-refractivity contribution is -0.172. The number of ether oxygens (including phenoxy) is 2. The Bertz CT molecular complexity index is 3260. The van der Waals surface area contributed by atoms with Crippen molar-refractivity contribution >= 4 is 64.1 Å². The van der Waals surface area contributed by atoms with Gasteiger partial charge < -0.3 is 56.5 Å². The minimum absolute atomic E-state index is 0.0133. The molecule has 81 heavy (non-hydrogen) atoms. The van der Waals surface area contributed by atoms with Crippen LogP contribution in [0.25, 0.3) is 22.3 Å². The molecule has 0 saturated heterocycles. The molecule has 2 atom stereocenters. The lowest BCUT2D eigenvalue weighted by atomic mass is 9.86. The number of amides is 8. The third kappa shape index (κ3) is 14.3. The Morgan fingerprint density at radius 3 is 2.35 bits per heavy atom. The molecule has 0 radical (unpaired) electrons. The van der Waals surface area contributed by atoms with Gasteiger partial charge in [-0.25, -0.2) is 14.2 Å². The minimum Gasteiger partial charge on any atom is -0.458 e. The summed E-state index contributed by atoms with van der Waals surface area (Å²) in [5.74, 6) is -5.53. The highest BCUT2D eigenvalue weighted by Gasteiger charge is 2.45. The zero-order valence-electron chi connectivity index (χ0n) is 44.7. The van der Waals surface area contributed by atoms with Crippen LogP contribution in [0.15, 0.2) is 77.4 Å². The number of carbonyl (C=O) groups excluding carboxylic acids is 9. The van der Waals surface area contributed by atoms with E-state index in [1.54, 1.807) is 61.3 Å². The SMILES string of the molecule is CC[C@@]1(O)C(=O)OCc2c1cc1n(c2=O)Cc2c-1nc1cc(F)c(C)cc1c2CN1C=C(CCCNC(=O)COCNC(=O)CNC(=O)[C@@H](Cc2ccccc2)NC(=O)CNC(=O)CNC(=O)CCCCCN2C(=O)C=CC2=O)NN1. The number of rotatable bonds is 27. The number of nitrogens with one attached hydrogen (secondary N) is 8. The molecule has 0 bridgehead atoms. The lowest BCUT2D eigenvalue weighted by Gasteiger charge is -2.31. The van der Waals surface area contributed by atoms with Gasteiger partial charge in [-0.2, -0.15) is 0 Å². The van der Waals surface area contributed by atoms with Gasteiger partial charge in [0.2, 0.25) is 35.4 Å². The second kappa shape index (κ2) is 26.4. The third-order valence-electron chi connectivity index (χ3n) is 14.1. The molecule has 0 fully saturated rings. The molecule has 4 aromatic rings. The maximum absolute atomic E-state index is 15.0. The molecule has 25 nitrogen and oxygen atoms in total. The van der Waals surface area contributed by atoms with Crippen LogP contribution >= 0.6 is 0 Å². The van der Waals surface area contributed by atoms with E-state index >= 15 is 4.39 Å². The van der Waals surface area contributed by atoms with Gasteiger partial charge in [-0.1, -0.05) is 43.7 Å². The molecule has 2 aromatic heterocycles. The van der Waals surface area contributed by atoms with Crippen molar-refractivity contribution in [2.75, 3.05) is 46.1 Å². The van der Waals surface area contributed by atoms with E-state index in [9.17, 15) is 53.1 Å². The van der Waals surface area contributed by atoms with Crippen LogP contribution in [-0.4, -0.2) is 130 Å². The van der Waals surface area contributed by atoms with Gasteiger partial charge >= 0.3 is 5.97 Å². The van der Waals surface area contributed by atoms with Crippen molar-refractivity contribution < 1.29 is 62.1 Å². The number of hydrogen-bond acceptors (Lipinski definition) is 17. The van der Waals surface area contributed by atoms with Crippen molar-refractivity contribution in [3.63, 3.8) is 0 Å². The molecule has 0 spiro atoms. The number of aryl methyl sites for hydroxylation is 1. The number of allylic oxidation sites excluding steroid dienone is 1. The number of fused-ring (bicyclic) bond motifs is 5. The normalized spacial score (nSPS) is 16.2. The molecular formula is C55H63FN12O13. The molecule has 6 heterocycles. The number of benzene rings is 2. The van der Waals surface area contributed by atoms with Gasteiger partial charge in [0.15, 0.2) is 5.60 Å². The zero-order valence-corrected chi connectivity index (χ0v) is 44.7. The summed E-state index contributed by atoms with van der Waals surface area (Å²) in [6.07, 6.45) is 7.05. The van der Waals surface area contributed by atoms with Crippen LogP contribution < -0.4 is 48.4 Å². The molecule has 0 unspecified atom stereocenters. The van der Waals surface area contributed by atoms with Crippen molar-refractivity contribution in [3.05, 3.63) is 122 Å². The summed E-state index contributed by atoms with van der Waals surface area (Å²) in [5, 5.41) is 28.9. The first-order valence-electron chi connectivity index (χ1n) is 26.5. The summed E-state index contributed by atoms with van der Waals surface area (Å²) in [6.45, 7) is 1.86. The lowest BCUT2D eigenvalue weighted by Crippen LogP contribution is -2.52. The summed E-state index contributed by atoms with van der Waals surface area (Å²) in [5.41, 5.74) is 8.83. The highest BCUT2D eigenvalue weighted by atomic mass is 19.1. The number of hydrazine groups is 2. The average molecular weight is 1120 g/mol. The smallest absolute Gasteiger partial charge is 0.343 e. The van der Waals surface area contributed by atoms with E-state index in [1.807, 2.05) is 6.20 Å². The molecular weight excluding hydrogens is 1060 g/mol. The molecule has 0 saturated carbocycles. The maximum Gasteiger partial charge on any atom is 0.343 e. The number of nitrogens with zero attached hydrogens (tertiary/aromatic N) is 4. The van der Waals surface area contributed by atoms with E-state index in [0.717, 1.165) is 21.7 Å². The van der Waals surface area contributed by atoms with E-state index in [2.05, 4.69) is 42.9 Å². The fourth-order valence-electron chi connectivity index (χ4n) is 9.63. The topological polar surface area (TPSA) is 330 Å². The average Bonchev–Trinajstić information content (AvgIpc) is 2.98. The van der Waals surface area contributed by atoms with Gasteiger partial charge in [0, 0.05) is 72.6 Å². The van der Waals surface area contributed by atoms with Crippen LogP contribution in [0.1, 0.15) is 85.3 Å². The second-order valence-corrected chi connectivity index (χ2v) is 19.8. The molecule has 4 aliphatic heterocycles. The summed E-state index contributed by atoms with van der Waals surface area (Å²) in [7, 11) is 0. The van der Waals surface area contributed by atoms with E-state index in [1.165, 1.54) is 22.8 Å². The van der Waals surface area contributed by atoms with E-state index in [4.69, 9.17) is 14.5 Å². The van der Waals surface area contributed by atoms with Gasteiger partial charge in [-0.05, 0) is 67.9 Å². The standard InChI is InChI=1S/C55H63FN12O13/c1-3-55(79)39-21-43-51-37(28-68(43)53(77)38(39)29-81-54(55)78)36(35-19-32(2)40(56)22-41(35)63-51)27-66-26-34(64-65-66)13-10-17-57-48(73)30-80-31-61-46(71)24-60-52(76)42(20-33-11-6-4-7-12-33)62-47(72)25-59-45(70)23-58-44(69)14-8-5-9-18-67-49(74)15-16-50(67)75/h4,6-7,11-12,15-16,19,21-22,26,42,64-65,79H,3,5,8-10,13-14,17-18,20,23-25,27-31H2,1-2H3,(H,57,73)(H,58,69)(H,59,70)(H,60,76)(H,61,71)(H,62,72)/t42-,55+/m1/s1. The van der Waals surface area contributed by atoms with Crippen molar-refractivity contribution in [2.24, 2.45) is 0 Å². The molecule has 428 valence electrons. The summed E-state index contributed by atoms with van der Waals surface area (Å²) in [6, 6.07) is 12.3. The van der Waals surface area contributed by atoms with E-state index in [-0.39, 0.29) is 88.3 Å². The number of hydrogen-bond donors (Lipinski definition) is 9. The third-order valence-corrected chi connectivity index (χ3v) is 14.1. The number of imide groups is 1. The van der Waals surface area contributed by atoms with Gasteiger partial charge in [-0.3, -0.25) is 53.1 Å². The predicted molar refractivity (Wildman–Crippen MR) is 286 cm³/mol. The number of unbranched alkanes of at least 4 members (excludes halogenated alkanes) is 2. The van der Waals surface area contributed by atoms with Crippen LogP contribution in [0.2, 0.25) is 0 Å². The number of esters is 1. The van der Waals surface area contributed by atoms with Crippen LogP contribution in [0.3, 0.4) is 0 Å². The minimum atomic E-state index is -2.01. The largest absolute Gasteiger partial charge is 0.458 e. The molecule has 8 rings (SSSR count). The van der Waals surface area contributed by atoms with Crippen LogP contribution in [0.5, 0.6) is 0 Å². The first-order valence-corrected chi connectivity index (χ1v) is 26.5. The van der Waals surface area contributed by atoms with Gasteiger partial charge in [0.05, 0.1) is 55.2 Å². The molecule has 0 aliphatic carbocycles. The highest BCUT2D eigenvalue weighted by Crippen LogP contribution is 2.41. The Kier molecular flexibility index (Phi) is 19.0.